The third kappa shape index (κ3) is 2.00. The van der Waals surface area contributed by atoms with Gasteiger partial charge in [0.15, 0.2) is 0 Å². The molecule has 1 atom stereocenters. The Bertz CT molecular complexity index is 539. The first-order valence-corrected chi connectivity index (χ1v) is 5.39. The minimum atomic E-state index is -1.23. The van der Waals surface area contributed by atoms with E-state index in [-0.39, 0.29) is 17.7 Å². The number of carboxylic acid groups (broad SMARTS) is 1. The lowest BCUT2D eigenvalue weighted by Crippen LogP contribution is -2.27. The lowest BCUT2D eigenvalue weighted by molar-refractivity contribution is -0.104. The summed E-state index contributed by atoms with van der Waals surface area (Å²) < 4.78 is 13.7. The first-order chi connectivity index (χ1) is 8.54. The van der Waals surface area contributed by atoms with Gasteiger partial charge >= 0.3 is 6.09 Å². The van der Waals surface area contributed by atoms with Crippen LogP contribution in [-0.2, 0) is 4.84 Å². The predicted octanol–water partition coefficient (Wildman–Crippen LogP) is 2.36. The van der Waals surface area contributed by atoms with E-state index in [1.54, 1.807) is 0 Å². The average molecular weight is 250 g/mol. The summed E-state index contributed by atoms with van der Waals surface area (Å²) in [5.74, 6) is -0.513. The zero-order chi connectivity index (χ0) is 13.3. The lowest BCUT2D eigenvalue weighted by Gasteiger charge is -2.20. The summed E-state index contributed by atoms with van der Waals surface area (Å²) >= 11 is 0. The van der Waals surface area contributed by atoms with Crippen molar-refractivity contribution in [2.24, 2.45) is 0 Å². The van der Waals surface area contributed by atoms with Gasteiger partial charge < -0.3 is 5.11 Å². The van der Waals surface area contributed by atoms with E-state index in [0.717, 1.165) is 5.06 Å². The van der Waals surface area contributed by atoms with E-state index in [2.05, 4.69) is 0 Å². The standard InChI is InChI=1S/C12H11FN2O3/c1-7-9(6-14)4-8(5-10(7)13)11-2-3-18-15(11)12(16)17/h4-5,11H,2-3H2,1H3,(H,16,17)/t11-/m0/s1. The van der Waals surface area contributed by atoms with Gasteiger partial charge in [-0.3, -0.25) is 4.84 Å². The minimum Gasteiger partial charge on any atom is -0.463 e. The van der Waals surface area contributed by atoms with Crippen molar-refractivity contribution in [2.75, 3.05) is 6.61 Å². The van der Waals surface area contributed by atoms with Gasteiger partial charge in [-0.2, -0.15) is 10.3 Å². The van der Waals surface area contributed by atoms with E-state index in [4.69, 9.17) is 15.2 Å². The van der Waals surface area contributed by atoms with Crippen molar-refractivity contribution in [3.05, 3.63) is 34.6 Å². The SMILES string of the molecule is Cc1c(F)cc([C@@H]2CCON2C(=O)O)cc1C#N. The van der Waals surface area contributed by atoms with E-state index >= 15 is 0 Å². The van der Waals surface area contributed by atoms with Crippen molar-refractivity contribution in [2.45, 2.75) is 19.4 Å². The average Bonchev–Trinajstić information content (AvgIpc) is 2.81. The van der Waals surface area contributed by atoms with Crippen molar-refractivity contribution >= 4 is 6.09 Å². The predicted molar refractivity (Wildman–Crippen MR) is 59.0 cm³/mol. The molecule has 5 nitrogen and oxygen atoms in total. The smallest absolute Gasteiger partial charge is 0.432 e. The maximum Gasteiger partial charge on any atom is 0.432 e. The monoisotopic (exact) mass is 250 g/mol. The Labute approximate surface area is 103 Å². The third-order valence-electron chi connectivity index (χ3n) is 2.97. The van der Waals surface area contributed by atoms with Gasteiger partial charge in [0.25, 0.3) is 0 Å². The zero-order valence-electron chi connectivity index (χ0n) is 9.68. The molecule has 0 aromatic heterocycles. The molecule has 1 aliphatic heterocycles. The number of benzene rings is 1. The topological polar surface area (TPSA) is 73.6 Å². The molecular formula is C12H11FN2O3. The molecule has 0 bridgehead atoms. The van der Waals surface area contributed by atoms with Crippen molar-refractivity contribution < 1.29 is 19.1 Å². The second-order valence-electron chi connectivity index (χ2n) is 4.03. The number of nitrogens with zero attached hydrogens (tertiary/aromatic N) is 2. The van der Waals surface area contributed by atoms with E-state index in [1.807, 2.05) is 6.07 Å². The molecular weight excluding hydrogens is 239 g/mol. The van der Waals surface area contributed by atoms with Gasteiger partial charge in [-0.05, 0) is 24.6 Å². The van der Waals surface area contributed by atoms with Gasteiger partial charge in [-0.15, -0.1) is 0 Å². The molecule has 1 saturated heterocycles. The van der Waals surface area contributed by atoms with Crippen LogP contribution in [0, 0.1) is 24.1 Å². The number of amides is 1. The fourth-order valence-electron chi connectivity index (χ4n) is 1.97. The number of nitriles is 1. The molecule has 1 heterocycles. The molecule has 6 heteroatoms. The zero-order valence-corrected chi connectivity index (χ0v) is 9.68. The molecule has 0 saturated carbocycles. The molecule has 0 unspecified atom stereocenters. The van der Waals surface area contributed by atoms with Crippen molar-refractivity contribution in [1.29, 1.82) is 5.26 Å². The van der Waals surface area contributed by atoms with Gasteiger partial charge in [0.1, 0.15) is 5.82 Å². The molecule has 0 aliphatic carbocycles. The third-order valence-corrected chi connectivity index (χ3v) is 2.97. The Balaban J connectivity index is 2.43. The van der Waals surface area contributed by atoms with Crippen LogP contribution in [0.2, 0.25) is 0 Å². The van der Waals surface area contributed by atoms with E-state index in [1.165, 1.54) is 19.1 Å². The van der Waals surface area contributed by atoms with Crippen molar-refractivity contribution in [3.8, 4) is 6.07 Å². The normalized spacial score (nSPS) is 18.7. The van der Waals surface area contributed by atoms with Crippen LogP contribution >= 0.6 is 0 Å². The maximum absolute atomic E-state index is 13.7. The number of hydrogen-bond donors (Lipinski definition) is 1. The molecule has 18 heavy (non-hydrogen) atoms. The van der Waals surface area contributed by atoms with Crippen LogP contribution in [0.15, 0.2) is 12.1 Å². The Morgan fingerprint density at radius 1 is 1.67 bits per heavy atom. The Morgan fingerprint density at radius 3 is 3.00 bits per heavy atom. The highest BCUT2D eigenvalue weighted by atomic mass is 19.1. The molecule has 1 aliphatic rings. The highest BCUT2D eigenvalue weighted by Crippen LogP contribution is 2.32. The number of hydrogen-bond acceptors (Lipinski definition) is 3. The molecule has 0 radical (unpaired) electrons. The summed E-state index contributed by atoms with van der Waals surface area (Å²) in [6.07, 6.45) is -0.781. The van der Waals surface area contributed by atoms with Gasteiger partial charge in [0.2, 0.25) is 0 Å². The first-order valence-electron chi connectivity index (χ1n) is 5.39. The Kier molecular flexibility index (Phi) is 3.17. The summed E-state index contributed by atoms with van der Waals surface area (Å²) in [7, 11) is 0. The molecule has 94 valence electrons. The van der Waals surface area contributed by atoms with Crippen molar-refractivity contribution in [3.63, 3.8) is 0 Å². The summed E-state index contributed by atoms with van der Waals surface area (Å²) in [4.78, 5) is 15.9. The van der Waals surface area contributed by atoms with Crippen LogP contribution in [0.4, 0.5) is 9.18 Å². The summed E-state index contributed by atoms with van der Waals surface area (Å²) in [5, 5.41) is 18.6. The highest BCUT2D eigenvalue weighted by molar-refractivity contribution is 5.64. The Morgan fingerprint density at radius 2 is 2.39 bits per heavy atom. The van der Waals surface area contributed by atoms with Gasteiger partial charge in [-0.1, -0.05) is 0 Å². The quantitative estimate of drug-likeness (QED) is 0.830. The molecule has 1 aromatic rings. The van der Waals surface area contributed by atoms with Crippen LogP contribution in [0.3, 0.4) is 0 Å². The fraction of sp³-hybridized carbons (Fsp3) is 0.333. The van der Waals surface area contributed by atoms with Gasteiger partial charge in [0.05, 0.1) is 24.3 Å². The highest BCUT2D eigenvalue weighted by Gasteiger charge is 2.32. The summed E-state index contributed by atoms with van der Waals surface area (Å²) in [6.45, 7) is 1.77. The van der Waals surface area contributed by atoms with Crippen LogP contribution < -0.4 is 0 Å². The number of hydroxylamine groups is 2. The summed E-state index contributed by atoms with van der Waals surface area (Å²) in [6, 6.07) is 4.10. The Hall–Kier alpha value is -2.13. The first kappa shape index (κ1) is 12.3. The molecule has 0 spiro atoms. The maximum atomic E-state index is 13.7. The minimum absolute atomic E-state index is 0.210. The van der Waals surface area contributed by atoms with Gasteiger partial charge in [-0.25, -0.2) is 9.18 Å². The number of rotatable bonds is 1. The second kappa shape index (κ2) is 4.63. The molecule has 1 N–H and O–H groups in total. The van der Waals surface area contributed by atoms with Crippen LogP contribution in [-0.4, -0.2) is 22.9 Å². The van der Waals surface area contributed by atoms with Crippen molar-refractivity contribution in [1.82, 2.24) is 5.06 Å². The molecule has 1 aromatic carbocycles. The number of carbonyl (C=O) groups is 1. The lowest BCUT2D eigenvalue weighted by atomic mass is 9.99. The van der Waals surface area contributed by atoms with E-state index in [0.29, 0.717) is 12.0 Å². The van der Waals surface area contributed by atoms with E-state index < -0.39 is 18.0 Å². The van der Waals surface area contributed by atoms with Crippen LogP contribution in [0.25, 0.3) is 0 Å². The summed E-state index contributed by atoms with van der Waals surface area (Å²) in [5.41, 5.74) is 0.916. The van der Waals surface area contributed by atoms with E-state index in [9.17, 15) is 9.18 Å². The van der Waals surface area contributed by atoms with Gasteiger partial charge in [0, 0.05) is 12.0 Å². The fourth-order valence-corrected chi connectivity index (χ4v) is 1.97. The molecule has 1 amide bonds. The number of halogens is 1. The second-order valence-corrected chi connectivity index (χ2v) is 4.03. The van der Waals surface area contributed by atoms with Crippen LogP contribution in [0.1, 0.15) is 29.2 Å². The molecule has 1 fully saturated rings. The largest absolute Gasteiger partial charge is 0.463 e. The molecule has 2 rings (SSSR count). The van der Waals surface area contributed by atoms with Crippen LogP contribution in [0.5, 0.6) is 0 Å².